The monoisotopic (exact) mass is 280 g/mol. The van der Waals surface area contributed by atoms with E-state index in [0.29, 0.717) is 5.69 Å². The van der Waals surface area contributed by atoms with Gasteiger partial charge in [-0.25, -0.2) is 4.79 Å². The lowest BCUT2D eigenvalue weighted by molar-refractivity contribution is -0.140. The van der Waals surface area contributed by atoms with Gasteiger partial charge in [-0.05, 0) is 12.1 Å². The van der Waals surface area contributed by atoms with Gasteiger partial charge in [0.2, 0.25) is 5.91 Å². The number of rotatable bonds is 5. The molecule has 0 aliphatic heterocycles. The van der Waals surface area contributed by atoms with Crippen LogP contribution >= 0.6 is 0 Å². The molecule has 1 aromatic carbocycles. The van der Waals surface area contributed by atoms with E-state index in [1.54, 1.807) is 18.2 Å². The Kier molecular flexibility index (Phi) is 5.22. The molecule has 0 fully saturated rings. The minimum atomic E-state index is -1.39. The Hall–Kier alpha value is -2.41. The van der Waals surface area contributed by atoms with Gasteiger partial charge in [0.1, 0.15) is 0 Å². The highest BCUT2D eigenvalue weighted by Gasteiger charge is 2.22. The number of carbonyl (C=O) groups is 3. The molecule has 7 nitrogen and oxygen atoms in total. The number of anilines is 1. The fourth-order valence-electron chi connectivity index (χ4n) is 1.55. The van der Waals surface area contributed by atoms with Crippen molar-refractivity contribution in [1.29, 1.82) is 0 Å². The van der Waals surface area contributed by atoms with E-state index >= 15 is 0 Å². The number of carboxylic acids is 1. The Labute approximate surface area is 115 Å². The van der Waals surface area contributed by atoms with Crippen molar-refractivity contribution in [2.24, 2.45) is 0 Å². The molecule has 7 heteroatoms. The number of carboxylic acid groups (broad SMARTS) is 1. The van der Waals surface area contributed by atoms with Crippen LogP contribution in [0.25, 0.3) is 0 Å². The molecule has 0 saturated carbocycles. The molecule has 2 amide bonds. The first kappa shape index (κ1) is 15.6. The quantitative estimate of drug-likeness (QED) is 0.695. The van der Waals surface area contributed by atoms with Gasteiger partial charge in [-0.15, -0.1) is 0 Å². The van der Waals surface area contributed by atoms with Gasteiger partial charge in [-0.1, -0.05) is 12.1 Å². The highest BCUT2D eigenvalue weighted by Crippen LogP contribution is 2.19. The minimum Gasteiger partial charge on any atom is -0.480 e. The number of nitrogens with one attached hydrogen (secondary N) is 1. The topological polar surface area (TPSA) is 107 Å². The number of amides is 2. The van der Waals surface area contributed by atoms with Crippen LogP contribution in [-0.2, 0) is 9.59 Å². The summed E-state index contributed by atoms with van der Waals surface area (Å²) >= 11 is 0. The molecule has 0 unspecified atom stereocenters. The molecule has 0 aliphatic rings. The molecule has 0 radical (unpaired) electrons. The van der Waals surface area contributed by atoms with Crippen LogP contribution in [0.3, 0.4) is 0 Å². The fourth-order valence-corrected chi connectivity index (χ4v) is 1.55. The van der Waals surface area contributed by atoms with Crippen LogP contribution in [0.15, 0.2) is 24.3 Å². The van der Waals surface area contributed by atoms with Crippen molar-refractivity contribution in [3.63, 3.8) is 0 Å². The molecule has 0 spiro atoms. The van der Waals surface area contributed by atoms with Crippen LogP contribution in [0.1, 0.15) is 17.3 Å². The second-order valence-electron chi connectivity index (χ2n) is 4.14. The zero-order valence-electron chi connectivity index (χ0n) is 11.2. The maximum absolute atomic E-state index is 12.0. The number of hydrogen-bond acceptors (Lipinski definition) is 4. The van der Waals surface area contributed by atoms with Crippen molar-refractivity contribution < 1.29 is 24.6 Å². The van der Waals surface area contributed by atoms with Gasteiger partial charge >= 0.3 is 5.97 Å². The Morgan fingerprint density at radius 1 is 1.30 bits per heavy atom. The molecule has 1 aromatic rings. The van der Waals surface area contributed by atoms with Gasteiger partial charge < -0.3 is 20.4 Å². The smallest absolute Gasteiger partial charge is 0.328 e. The number of carbonyl (C=O) groups excluding carboxylic acids is 2. The summed E-state index contributed by atoms with van der Waals surface area (Å²) in [7, 11) is 1.51. The van der Waals surface area contributed by atoms with Gasteiger partial charge in [0, 0.05) is 14.0 Å². The van der Waals surface area contributed by atoms with Crippen LogP contribution in [0.5, 0.6) is 0 Å². The lowest BCUT2D eigenvalue weighted by atomic mass is 10.1. The molecule has 0 heterocycles. The summed E-state index contributed by atoms with van der Waals surface area (Å²) in [6.45, 7) is 0.633. The summed E-state index contributed by atoms with van der Waals surface area (Å²) < 4.78 is 0. The number of nitrogens with zero attached hydrogens (tertiary/aromatic N) is 1. The van der Waals surface area contributed by atoms with E-state index < -0.39 is 24.5 Å². The maximum atomic E-state index is 12.0. The summed E-state index contributed by atoms with van der Waals surface area (Å²) in [5, 5.41) is 19.9. The van der Waals surface area contributed by atoms with Gasteiger partial charge in [0.05, 0.1) is 17.9 Å². The first-order valence-electron chi connectivity index (χ1n) is 5.86. The number of aliphatic carboxylic acids is 1. The highest BCUT2D eigenvalue weighted by molar-refractivity contribution is 6.05. The van der Waals surface area contributed by atoms with E-state index in [0.717, 1.165) is 0 Å². The molecule has 1 atom stereocenters. The number of aliphatic hydroxyl groups excluding tert-OH is 1. The molecule has 0 bridgehead atoms. The fraction of sp³-hybridized carbons (Fsp3) is 0.308. The van der Waals surface area contributed by atoms with Crippen molar-refractivity contribution in [2.45, 2.75) is 13.0 Å². The molecular formula is C13H16N2O5. The van der Waals surface area contributed by atoms with E-state index in [1.807, 2.05) is 0 Å². The first-order valence-corrected chi connectivity index (χ1v) is 5.86. The molecule has 0 aliphatic carbocycles. The second kappa shape index (κ2) is 6.67. The number of hydrogen-bond donors (Lipinski definition) is 3. The van der Waals surface area contributed by atoms with E-state index in [2.05, 4.69) is 5.32 Å². The third-order valence-corrected chi connectivity index (χ3v) is 2.77. The van der Waals surface area contributed by atoms with Crippen LogP contribution in [0.4, 0.5) is 5.69 Å². The van der Waals surface area contributed by atoms with Crippen molar-refractivity contribution in [2.75, 3.05) is 18.6 Å². The average molecular weight is 280 g/mol. The molecule has 0 saturated heterocycles. The molecule has 1 rings (SSSR count). The summed E-state index contributed by atoms with van der Waals surface area (Å²) in [5.74, 6) is -2.27. The van der Waals surface area contributed by atoms with Crippen molar-refractivity contribution in [3.8, 4) is 0 Å². The first-order chi connectivity index (χ1) is 9.38. The standard InChI is InChI=1S/C13H16N2O5/c1-8(17)15(2)11-6-4-3-5-9(11)12(18)14-10(7-16)13(19)20/h3-6,10,16H,7H2,1-2H3,(H,14,18)(H,19,20)/t10-/m1/s1. The summed E-state index contributed by atoms with van der Waals surface area (Å²) in [4.78, 5) is 35.5. The number of para-hydroxylation sites is 1. The molecule has 3 N–H and O–H groups in total. The van der Waals surface area contributed by atoms with Crippen LogP contribution in [0.2, 0.25) is 0 Å². The largest absolute Gasteiger partial charge is 0.480 e. The second-order valence-corrected chi connectivity index (χ2v) is 4.14. The van der Waals surface area contributed by atoms with Crippen LogP contribution < -0.4 is 10.2 Å². The number of aliphatic hydroxyl groups is 1. The summed E-state index contributed by atoms with van der Waals surface area (Å²) in [5.41, 5.74) is 0.518. The Bertz CT molecular complexity index is 529. The Morgan fingerprint density at radius 2 is 1.90 bits per heavy atom. The zero-order chi connectivity index (χ0) is 15.3. The molecular weight excluding hydrogens is 264 g/mol. The number of benzene rings is 1. The predicted octanol–water partition coefficient (Wildman–Crippen LogP) is -0.155. The third kappa shape index (κ3) is 3.55. The van der Waals surface area contributed by atoms with E-state index in [-0.39, 0.29) is 11.5 Å². The maximum Gasteiger partial charge on any atom is 0.328 e. The van der Waals surface area contributed by atoms with Crippen LogP contribution in [-0.4, -0.2) is 47.7 Å². The van der Waals surface area contributed by atoms with E-state index in [1.165, 1.54) is 24.9 Å². The summed E-state index contributed by atoms with van der Waals surface area (Å²) in [6.07, 6.45) is 0. The summed E-state index contributed by atoms with van der Waals surface area (Å²) in [6, 6.07) is 4.91. The average Bonchev–Trinajstić information content (AvgIpc) is 2.43. The van der Waals surface area contributed by atoms with Gasteiger partial charge in [0.25, 0.3) is 5.91 Å². The lowest BCUT2D eigenvalue weighted by Crippen LogP contribution is -2.43. The highest BCUT2D eigenvalue weighted by atomic mass is 16.4. The molecule has 108 valence electrons. The van der Waals surface area contributed by atoms with Crippen molar-refractivity contribution >= 4 is 23.5 Å². The van der Waals surface area contributed by atoms with Crippen molar-refractivity contribution in [1.82, 2.24) is 5.32 Å². The van der Waals surface area contributed by atoms with E-state index in [4.69, 9.17) is 10.2 Å². The van der Waals surface area contributed by atoms with Gasteiger partial charge in [-0.3, -0.25) is 9.59 Å². The predicted molar refractivity (Wildman–Crippen MR) is 71.5 cm³/mol. The van der Waals surface area contributed by atoms with Crippen molar-refractivity contribution in [3.05, 3.63) is 29.8 Å². The molecule has 0 aromatic heterocycles. The van der Waals surface area contributed by atoms with E-state index in [9.17, 15) is 14.4 Å². The van der Waals surface area contributed by atoms with Gasteiger partial charge in [0.15, 0.2) is 6.04 Å². The Balaban J connectivity index is 3.04. The normalized spacial score (nSPS) is 11.6. The van der Waals surface area contributed by atoms with Gasteiger partial charge in [-0.2, -0.15) is 0 Å². The lowest BCUT2D eigenvalue weighted by Gasteiger charge is -2.19. The SMILES string of the molecule is CC(=O)N(C)c1ccccc1C(=O)N[C@H](CO)C(=O)O. The Morgan fingerprint density at radius 3 is 2.40 bits per heavy atom. The molecule has 20 heavy (non-hydrogen) atoms. The third-order valence-electron chi connectivity index (χ3n) is 2.77. The zero-order valence-corrected chi connectivity index (χ0v) is 11.2. The minimum absolute atomic E-state index is 0.157. The van der Waals surface area contributed by atoms with Crippen LogP contribution in [0, 0.1) is 0 Å².